The fourth-order valence-corrected chi connectivity index (χ4v) is 3.39. The number of fused-ring (bicyclic) bond motifs is 1. The zero-order valence-electron chi connectivity index (χ0n) is 15.2. The zero-order valence-corrected chi connectivity index (χ0v) is 15.2. The Kier molecular flexibility index (Phi) is 4.49. The normalized spacial score (nSPS) is 12.8. The van der Waals surface area contributed by atoms with E-state index in [1.165, 1.54) is 4.90 Å². The average molecular weight is 371 g/mol. The van der Waals surface area contributed by atoms with Crippen molar-refractivity contribution in [1.29, 1.82) is 0 Å². The molecule has 1 heterocycles. The fourth-order valence-electron chi connectivity index (χ4n) is 3.39. The summed E-state index contributed by atoms with van der Waals surface area (Å²) in [6.07, 6.45) is 0.763. The standard InChI is InChI=1S/C23H17NO4/c1-28-19-8-6-17(7-9-19)18-11-15(10-16(12-18)14-25)13-24-22(26)20-4-2-3-5-21(20)23(24)27/h2-12,14H,13H2,1H3. The van der Waals surface area contributed by atoms with Gasteiger partial charge in [-0.05, 0) is 59.2 Å². The van der Waals surface area contributed by atoms with Gasteiger partial charge in [-0.2, -0.15) is 0 Å². The van der Waals surface area contributed by atoms with Gasteiger partial charge < -0.3 is 4.74 Å². The predicted molar refractivity (Wildman–Crippen MR) is 104 cm³/mol. The third-order valence-corrected chi connectivity index (χ3v) is 4.79. The first-order valence-corrected chi connectivity index (χ1v) is 8.79. The molecule has 2 amide bonds. The molecule has 5 nitrogen and oxygen atoms in total. The minimum atomic E-state index is -0.317. The summed E-state index contributed by atoms with van der Waals surface area (Å²) in [5.74, 6) is 0.104. The van der Waals surface area contributed by atoms with Gasteiger partial charge in [-0.25, -0.2) is 0 Å². The Bertz CT molecular complexity index is 1050. The predicted octanol–water partition coefficient (Wildman–Crippen LogP) is 3.97. The SMILES string of the molecule is COc1ccc(-c2cc(C=O)cc(CN3C(=O)c4ccccc4C3=O)c2)cc1. The average Bonchev–Trinajstić information content (AvgIpc) is 2.98. The number of carbonyl (C=O) groups is 3. The van der Waals surface area contributed by atoms with Crippen LogP contribution in [-0.2, 0) is 6.54 Å². The second kappa shape index (κ2) is 7.12. The molecule has 138 valence electrons. The van der Waals surface area contributed by atoms with Crippen molar-refractivity contribution < 1.29 is 19.1 Å². The van der Waals surface area contributed by atoms with Crippen molar-refractivity contribution >= 4 is 18.1 Å². The summed E-state index contributed by atoms with van der Waals surface area (Å²) >= 11 is 0. The Morgan fingerprint density at radius 2 is 1.50 bits per heavy atom. The van der Waals surface area contributed by atoms with Crippen LogP contribution < -0.4 is 4.74 Å². The minimum absolute atomic E-state index is 0.108. The van der Waals surface area contributed by atoms with Crippen LogP contribution in [0.2, 0.25) is 0 Å². The lowest BCUT2D eigenvalue weighted by Gasteiger charge is -2.15. The summed E-state index contributed by atoms with van der Waals surface area (Å²) in [6, 6.07) is 19.6. The Hall–Kier alpha value is -3.73. The molecule has 0 aliphatic carbocycles. The molecule has 3 aromatic carbocycles. The first kappa shape index (κ1) is 17.7. The van der Waals surface area contributed by atoms with Gasteiger partial charge in [-0.1, -0.05) is 24.3 Å². The second-order valence-corrected chi connectivity index (χ2v) is 6.55. The van der Waals surface area contributed by atoms with Gasteiger partial charge in [0, 0.05) is 5.56 Å². The van der Waals surface area contributed by atoms with Crippen molar-refractivity contribution in [2.24, 2.45) is 0 Å². The quantitative estimate of drug-likeness (QED) is 0.503. The maximum atomic E-state index is 12.6. The number of benzene rings is 3. The van der Waals surface area contributed by atoms with Crippen LogP contribution in [0.3, 0.4) is 0 Å². The number of aldehydes is 1. The minimum Gasteiger partial charge on any atom is -0.497 e. The van der Waals surface area contributed by atoms with E-state index in [-0.39, 0.29) is 18.4 Å². The van der Waals surface area contributed by atoms with Gasteiger partial charge in [0.2, 0.25) is 0 Å². The maximum Gasteiger partial charge on any atom is 0.261 e. The number of methoxy groups -OCH3 is 1. The van der Waals surface area contributed by atoms with E-state index in [0.29, 0.717) is 22.3 Å². The van der Waals surface area contributed by atoms with Crippen LogP contribution in [0.15, 0.2) is 66.7 Å². The van der Waals surface area contributed by atoms with Gasteiger partial charge in [0.1, 0.15) is 12.0 Å². The molecular weight excluding hydrogens is 354 g/mol. The Balaban J connectivity index is 1.68. The molecule has 1 aliphatic heterocycles. The molecule has 1 aliphatic rings. The molecule has 0 bridgehead atoms. The second-order valence-electron chi connectivity index (χ2n) is 6.55. The van der Waals surface area contributed by atoms with Crippen LogP contribution in [0.1, 0.15) is 36.6 Å². The largest absolute Gasteiger partial charge is 0.497 e. The molecule has 0 radical (unpaired) electrons. The van der Waals surface area contributed by atoms with Crippen LogP contribution in [0.5, 0.6) is 5.75 Å². The van der Waals surface area contributed by atoms with Gasteiger partial charge in [-0.3, -0.25) is 19.3 Å². The summed E-state index contributed by atoms with van der Waals surface area (Å²) < 4.78 is 5.18. The van der Waals surface area contributed by atoms with Crippen LogP contribution in [-0.4, -0.2) is 30.1 Å². The molecule has 0 spiro atoms. The molecule has 0 saturated heterocycles. The Morgan fingerprint density at radius 3 is 2.07 bits per heavy atom. The van der Waals surface area contributed by atoms with Gasteiger partial charge in [-0.15, -0.1) is 0 Å². The molecule has 0 unspecified atom stereocenters. The lowest BCUT2D eigenvalue weighted by atomic mass is 9.99. The van der Waals surface area contributed by atoms with Gasteiger partial charge in [0.25, 0.3) is 11.8 Å². The third-order valence-electron chi connectivity index (χ3n) is 4.79. The van der Waals surface area contributed by atoms with Crippen molar-refractivity contribution in [2.45, 2.75) is 6.54 Å². The first-order chi connectivity index (χ1) is 13.6. The molecule has 0 N–H and O–H groups in total. The summed E-state index contributed by atoms with van der Waals surface area (Å²) in [5, 5.41) is 0. The highest BCUT2D eigenvalue weighted by Gasteiger charge is 2.35. The number of hydrogen-bond acceptors (Lipinski definition) is 4. The fraction of sp³-hybridized carbons (Fsp3) is 0.0870. The highest BCUT2D eigenvalue weighted by Crippen LogP contribution is 2.28. The highest BCUT2D eigenvalue weighted by molar-refractivity contribution is 6.21. The van der Waals surface area contributed by atoms with Crippen molar-refractivity contribution in [2.75, 3.05) is 7.11 Å². The molecular formula is C23H17NO4. The first-order valence-electron chi connectivity index (χ1n) is 8.79. The lowest BCUT2D eigenvalue weighted by molar-refractivity contribution is 0.0642. The van der Waals surface area contributed by atoms with E-state index >= 15 is 0 Å². The number of amides is 2. The number of carbonyl (C=O) groups excluding carboxylic acids is 3. The van der Waals surface area contributed by atoms with E-state index in [1.54, 1.807) is 43.5 Å². The molecule has 4 rings (SSSR count). The Labute approximate surface area is 162 Å². The maximum absolute atomic E-state index is 12.6. The van der Waals surface area contributed by atoms with E-state index in [1.807, 2.05) is 30.3 Å². The van der Waals surface area contributed by atoms with E-state index in [2.05, 4.69) is 0 Å². The monoisotopic (exact) mass is 371 g/mol. The van der Waals surface area contributed by atoms with E-state index < -0.39 is 0 Å². The van der Waals surface area contributed by atoms with Crippen LogP contribution >= 0.6 is 0 Å². The lowest BCUT2D eigenvalue weighted by Crippen LogP contribution is -2.29. The number of imide groups is 1. The zero-order chi connectivity index (χ0) is 19.7. The molecule has 0 fully saturated rings. The van der Waals surface area contributed by atoms with Gasteiger partial charge in [0.15, 0.2) is 0 Å². The third kappa shape index (κ3) is 3.07. The van der Waals surface area contributed by atoms with Crippen molar-refractivity contribution in [3.05, 3.63) is 89.0 Å². The van der Waals surface area contributed by atoms with Gasteiger partial charge >= 0.3 is 0 Å². The van der Waals surface area contributed by atoms with E-state index in [4.69, 9.17) is 4.74 Å². The number of ether oxygens (including phenoxy) is 1. The van der Waals surface area contributed by atoms with Gasteiger partial charge in [0.05, 0.1) is 24.8 Å². The topological polar surface area (TPSA) is 63.7 Å². The smallest absolute Gasteiger partial charge is 0.261 e. The number of nitrogens with zero attached hydrogens (tertiary/aromatic N) is 1. The number of rotatable bonds is 5. The summed E-state index contributed by atoms with van der Waals surface area (Å²) in [4.78, 5) is 37.9. The van der Waals surface area contributed by atoms with Crippen molar-refractivity contribution in [3.8, 4) is 16.9 Å². The molecule has 0 atom stereocenters. The van der Waals surface area contributed by atoms with Crippen LogP contribution in [0, 0.1) is 0 Å². The van der Waals surface area contributed by atoms with E-state index in [0.717, 1.165) is 23.2 Å². The molecule has 28 heavy (non-hydrogen) atoms. The Morgan fingerprint density at radius 1 is 0.857 bits per heavy atom. The molecule has 3 aromatic rings. The van der Waals surface area contributed by atoms with Crippen LogP contribution in [0.25, 0.3) is 11.1 Å². The van der Waals surface area contributed by atoms with Crippen LogP contribution in [0.4, 0.5) is 0 Å². The van der Waals surface area contributed by atoms with E-state index in [9.17, 15) is 14.4 Å². The molecule has 0 aromatic heterocycles. The summed E-state index contributed by atoms with van der Waals surface area (Å²) in [5.41, 5.74) is 3.76. The molecule has 5 heteroatoms. The van der Waals surface area contributed by atoms with Crippen molar-refractivity contribution in [1.82, 2.24) is 4.90 Å². The number of hydrogen-bond donors (Lipinski definition) is 0. The summed E-state index contributed by atoms with van der Waals surface area (Å²) in [6.45, 7) is 0.108. The highest BCUT2D eigenvalue weighted by atomic mass is 16.5. The van der Waals surface area contributed by atoms with Crippen molar-refractivity contribution in [3.63, 3.8) is 0 Å². The summed E-state index contributed by atoms with van der Waals surface area (Å²) in [7, 11) is 1.60. The molecule has 0 saturated carbocycles.